The molecular formula is C11H22N2O2. The van der Waals surface area contributed by atoms with E-state index in [1.54, 1.807) is 4.90 Å². The maximum absolute atomic E-state index is 12.0. The van der Waals surface area contributed by atoms with Crippen LogP contribution in [-0.2, 0) is 9.53 Å². The van der Waals surface area contributed by atoms with Gasteiger partial charge in [-0.15, -0.1) is 0 Å². The Bertz CT molecular complexity index is 221. The first-order valence-corrected chi connectivity index (χ1v) is 5.64. The van der Waals surface area contributed by atoms with E-state index in [0.717, 1.165) is 12.8 Å². The summed E-state index contributed by atoms with van der Waals surface area (Å²) < 4.78 is 5.40. The summed E-state index contributed by atoms with van der Waals surface area (Å²) in [5.41, 5.74) is 5.48. The van der Waals surface area contributed by atoms with E-state index in [-0.39, 0.29) is 24.0 Å². The molecule has 1 fully saturated rings. The Morgan fingerprint density at radius 2 is 2.33 bits per heavy atom. The molecule has 0 aromatic rings. The fraction of sp³-hybridized carbons (Fsp3) is 0.909. The predicted molar refractivity (Wildman–Crippen MR) is 59.4 cm³/mol. The van der Waals surface area contributed by atoms with Crippen molar-refractivity contribution in [3.8, 4) is 0 Å². The Morgan fingerprint density at radius 3 is 2.80 bits per heavy atom. The number of hydrogen-bond donors (Lipinski definition) is 1. The molecule has 4 nitrogen and oxygen atoms in total. The molecular weight excluding hydrogens is 192 g/mol. The molecule has 88 valence electrons. The standard InChI is InChI=1S/C11H22N2O2/c1-8(4-5-12)13(3)11(14)10-6-9(2)15-7-10/h8-10H,4-7,12H2,1-3H3. The summed E-state index contributed by atoms with van der Waals surface area (Å²) in [4.78, 5) is 13.8. The van der Waals surface area contributed by atoms with E-state index in [9.17, 15) is 4.79 Å². The molecule has 0 aromatic carbocycles. The Balaban J connectivity index is 2.45. The number of rotatable bonds is 4. The van der Waals surface area contributed by atoms with Gasteiger partial charge in [0, 0.05) is 13.1 Å². The maximum Gasteiger partial charge on any atom is 0.228 e. The highest BCUT2D eigenvalue weighted by Crippen LogP contribution is 2.21. The predicted octanol–water partition coefficient (Wildman–Crippen LogP) is 0.607. The average Bonchev–Trinajstić information content (AvgIpc) is 2.63. The van der Waals surface area contributed by atoms with Crippen LogP contribution >= 0.6 is 0 Å². The molecule has 3 unspecified atom stereocenters. The van der Waals surface area contributed by atoms with E-state index in [4.69, 9.17) is 10.5 Å². The van der Waals surface area contributed by atoms with Gasteiger partial charge in [-0.05, 0) is 33.2 Å². The van der Waals surface area contributed by atoms with Gasteiger partial charge in [0.25, 0.3) is 0 Å². The topological polar surface area (TPSA) is 55.6 Å². The molecule has 0 saturated carbocycles. The Kier molecular flexibility index (Phi) is 4.54. The van der Waals surface area contributed by atoms with E-state index < -0.39 is 0 Å². The van der Waals surface area contributed by atoms with Crippen molar-refractivity contribution in [3.05, 3.63) is 0 Å². The van der Waals surface area contributed by atoms with Crippen LogP contribution in [0.15, 0.2) is 0 Å². The molecule has 0 aromatic heterocycles. The third-order valence-electron chi connectivity index (χ3n) is 3.14. The van der Waals surface area contributed by atoms with Crippen molar-refractivity contribution < 1.29 is 9.53 Å². The summed E-state index contributed by atoms with van der Waals surface area (Å²) >= 11 is 0. The molecule has 0 bridgehead atoms. The fourth-order valence-corrected chi connectivity index (χ4v) is 1.93. The molecule has 1 rings (SSSR count). The van der Waals surface area contributed by atoms with Gasteiger partial charge in [0.15, 0.2) is 0 Å². The van der Waals surface area contributed by atoms with Gasteiger partial charge in [-0.1, -0.05) is 0 Å². The summed E-state index contributed by atoms with van der Waals surface area (Å²) in [6.45, 7) is 5.23. The number of nitrogens with zero attached hydrogens (tertiary/aromatic N) is 1. The lowest BCUT2D eigenvalue weighted by Crippen LogP contribution is -2.40. The van der Waals surface area contributed by atoms with E-state index in [0.29, 0.717) is 13.2 Å². The van der Waals surface area contributed by atoms with Crippen LogP contribution in [0.4, 0.5) is 0 Å². The van der Waals surface area contributed by atoms with Gasteiger partial charge >= 0.3 is 0 Å². The minimum absolute atomic E-state index is 0.0465. The third-order valence-corrected chi connectivity index (χ3v) is 3.14. The van der Waals surface area contributed by atoms with Crippen molar-refractivity contribution >= 4 is 5.91 Å². The normalized spacial score (nSPS) is 27.7. The Hall–Kier alpha value is -0.610. The van der Waals surface area contributed by atoms with E-state index in [1.807, 2.05) is 20.9 Å². The second kappa shape index (κ2) is 5.47. The van der Waals surface area contributed by atoms with Crippen LogP contribution < -0.4 is 5.73 Å². The molecule has 1 aliphatic rings. The summed E-state index contributed by atoms with van der Waals surface area (Å²) in [6, 6.07) is 0.221. The lowest BCUT2D eigenvalue weighted by atomic mass is 10.0. The first kappa shape index (κ1) is 12.5. The average molecular weight is 214 g/mol. The van der Waals surface area contributed by atoms with E-state index in [1.165, 1.54) is 0 Å². The lowest BCUT2D eigenvalue weighted by Gasteiger charge is -2.26. The highest BCUT2D eigenvalue weighted by Gasteiger charge is 2.31. The van der Waals surface area contributed by atoms with Crippen LogP contribution in [-0.4, -0.2) is 43.2 Å². The molecule has 1 aliphatic heterocycles. The molecule has 1 amide bonds. The third kappa shape index (κ3) is 3.18. The van der Waals surface area contributed by atoms with Crippen LogP contribution in [0.3, 0.4) is 0 Å². The van der Waals surface area contributed by atoms with Gasteiger partial charge in [0.1, 0.15) is 0 Å². The van der Waals surface area contributed by atoms with Crippen molar-refractivity contribution in [1.29, 1.82) is 0 Å². The zero-order chi connectivity index (χ0) is 11.4. The Labute approximate surface area is 91.8 Å². The molecule has 0 radical (unpaired) electrons. The summed E-state index contributed by atoms with van der Waals surface area (Å²) in [6.07, 6.45) is 1.92. The zero-order valence-corrected chi connectivity index (χ0v) is 9.90. The van der Waals surface area contributed by atoms with Crippen molar-refractivity contribution in [3.63, 3.8) is 0 Å². The number of carbonyl (C=O) groups is 1. The molecule has 15 heavy (non-hydrogen) atoms. The molecule has 1 saturated heterocycles. The number of carbonyl (C=O) groups excluding carboxylic acids is 1. The van der Waals surface area contributed by atoms with Gasteiger partial charge in [-0.3, -0.25) is 4.79 Å². The number of amides is 1. The SMILES string of the molecule is CC1CC(C(=O)N(C)C(C)CCN)CO1. The fourth-order valence-electron chi connectivity index (χ4n) is 1.93. The van der Waals surface area contributed by atoms with E-state index in [2.05, 4.69) is 0 Å². The zero-order valence-electron chi connectivity index (χ0n) is 9.90. The first-order valence-electron chi connectivity index (χ1n) is 5.64. The second-order valence-corrected chi connectivity index (χ2v) is 4.45. The quantitative estimate of drug-likeness (QED) is 0.746. The van der Waals surface area contributed by atoms with Crippen LogP contribution in [0.25, 0.3) is 0 Å². The van der Waals surface area contributed by atoms with Gasteiger partial charge < -0.3 is 15.4 Å². The number of ether oxygens (including phenoxy) is 1. The first-order chi connectivity index (χ1) is 7.06. The Morgan fingerprint density at radius 1 is 1.67 bits per heavy atom. The molecule has 1 heterocycles. The molecule has 3 atom stereocenters. The molecule has 0 spiro atoms. The van der Waals surface area contributed by atoms with Crippen molar-refractivity contribution in [2.75, 3.05) is 20.2 Å². The highest BCUT2D eigenvalue weighted by molar-refractivity contribution is 5.79. The summed E-state index contributed by atoms with van der Waals surface area (Å²) in [5.74, 6) is 0.241. The molecule has 2 N–H and O–H groups in total. The van der Waals surface area contributed by atoms with Crippen molar-refractivity contribution in [2.24, 2.45) is 11.7 Å². The van der Waals surface area contributed by atoms with Crippen molar-refractivity contribution in [1.82, 2.24) is 4.90 Å². The minimum Gasteiger partial charge on any atom is -0.378 e. The van der Waals surface area contributed by atoms with Gasteiger partial charge in [0.2, 0.25) is 5.91 Å². The second-order valence-electron chi connectivity index (χ2n) is 4.45. The van der Waals surface area contributed by atoms with Crippen LogP contribution in [0, 0.1) is 5.92 Å². The molecule has 0 aliphatic carbocycles. The number of hydrogen-bond acceptors (Lipinski definition) is 3. The van der Waals surface area contributed by atoms with Crippen LogP contribution in [0.5, 0.6) is 0 Å². The molecule has 4 heteroatoms. The maximum atomic E-state index is 12.0. The minimum atomic E-state index is 0.0465. The van der Waals surface area contributed by atoms with Gasteiger partial charge in [-0.25, -0.2) is 0 Å². The highest BCUT2D eigenvalue weighted by atomic mass is 16.5. The monoisotopic (exact) mass is 214 g/mol. The van der Waals surface area contributed by atoms with Gasteiger partial charge in [-0.2, -0.15) is 0 Å². The van der Waals surface area contributed by atoms with Crippen LogP contribution in [0.2, 0.25) is 0 Å². The summed E-state index contributed by atoms with van der Waals surface area (Å²) in [5, 5.41) is 0. The number of nitrogens with two attached hydrogens (primary N) is 1. The lowest BCUT2D eigenvalue weighted by molar-refractivity contribution is -0.136. The van der Waals surface area contributed by atoms with Crippen molar-refractivity contribution in [2.45, 2.75) is 38.8 Å². The smallest absolute Gasteiger partial charge is 0.228 e. The summed E-state index contributed by atoms with van der Waals surface area (Å²) in [7, 11) is 1.85. The largest absolute Gasteiger partial charge is 0.378 e. The van der Waals surface area contributed by atoms with Gasteiger partial charge in [0.05, 0.1) is 18.6 Å². The van der Waals surface area contributed by atoms with Crippen LogP contribution in [0.1, 0.15) is 26.7 Å². The van der Waals surface area contributed by atoms with E-state index >= 15 is 0 Å².